The molecule has 0 bridgehead atoms. The molecule has 0 amide bonds. The molecule has 2 fully saturated rings. The molecule has 74 valence electrons. The molecule has 3 rings (SSSR count). The van der Waals surface area contributed by atoms with E-state index in [2.05, 4.69) is 21.6 Å². The van der Waals surface area contributed by atoms with Crippen molar-refractivity contribution >= 4 is 0 Å². The van der Waals surface area contributed by atoms with Crippen LogP contribution in [0.3, 0.4) is 0 Å². The van der Waals surface area contributed by atoms with Crippen LogP contribution >= 0.6 is 0 Å². The van der Waals surface area contributed by atoms with Gasteiger partial charge in [-0.1, -0.05) is 0 Å². The van der Waals surface area contributed by atoms with Gasteiger partial charge in [0, 0.05) is 17.7 Å². The second-order valence-corrected chi connectivity index (χ2v) is 4.56. The van der Waals surface area contributed by atoms with E-state index in [1.54, 1.807) is 6.20 Å². The van der Waals surface area contributed by atoms with E-state index in [0.29, 0.717) is 11.5 Å². The first-order valence-electron chi connectivity index (χ1n) is 5.41. The fourth-order valence-corrected chi connectivity index (χ4v) is 2.84. The summed E-state index contributed by atoms with van der Waals surface area (Å²) in [6.07, 6.45) is 6.94. The molecule has 2 heterocycles. The maximum atomic E-state index is 4.18. The summed E-state index contributed by atoms with van der Waals surface area (Å²) in [5.41, 5.74) is 1.65. The van der Waals surface area contributed by atoms with Gasteiger partial charge in [0.15, 0.2) is 0 Å². The Morgan fingerprint density at radius 2 is 2.36 bits per heavy atom. The van der Waals surface area contributed by atoms with Crippen molar-refractivity contribution in [2.45, 2.75) is 37.1 Å². The Labute approximate surface area is 83.9 Å². The van der Waals surface area contributed by atoms with Crippen LogP contribution in [0.5, 0.6) is 0 Å². The van der Waals surface area contributed by atoms with Crippen LogP contribution in [0.25, 0.3) is 0 Å². The SMILES string of the molecule is c1cnnc(C2CC3(CCCN3)C2)c1. The van der Waals surface area contributed by atoms with Gasteiger partial charge < -0.3 is 5.32 Å². The van der Waals surface area contributed by atoms with Gasteiger partial charge in [-0.2, -0.15) is 10.2 Å². The molecule has 1 aliphatic carbocycles. The van der Waals surface area contributed by atoms with Crippen LogP contribution in [0.15, 0.2) is 18.3 Å². The summed E-state index contributed by atoms with van der Waals surface area (Å²) in [5.74, 6) is 0.647. The first-order valence-corrected chi connectivity index (χ1v) is 5.41. The molecule has 1 saturated heterocycles. The summed E-state index contributed by atoms with van der Waals surface area (Å²) >= 11 is 0. The molecule has 1 spiro atoms. The number of aromatic nitrogens is 2. The van der Waals surface area contributed by atoms with E-state index in [4.69, 9.17) is 0 Å². The zero-order valence-electron chi connectivity index (χ0n) is 8.24. The third-order valence-corrected chi connectivity index (χ3v) is 3.62. The molecule has 1 aliphatic heterocycles. The first-order chi connectivity index (χ1) is 6.88. The zero-order chi connectivity index (χ0) is 9.43. The highest BCUT2D eigenvalue weighted by atomic mass is 15.1. The largest absolute Gasteiger partial charge is 0.311 e. The molecule has 2 aliphatic rings. The van der Waals surface area contributed by atoms with Gasteiger partial charge in [-0.15, -0.1) is 0 Å². The van der Waals surface area contributed by atoms with E-state index in [1.807, 2.05) is 6.07 Å². The highest BCUT2D eigenvalue weighted by Gasteiger charge is 2.46. The fourth-order valence-electron chi connectivity index (χ4n) is 2.84. The zero-order valence-corrected chi connectivity index (χ0v) is 8.24. The summed E-state index contributed by atoms with van der Waals surface area (Å²) in [4.78, 5) is 0. The quantitative estimate of drug-likeness (QED) is 0.727. The number of hydrogen-bond donors (Lipinski definition) is 1. The van der Waals surface area contributed by atoms with Gasteiger partial charge in [0.2, 0.25) is 0 Å². The van der Waals surface area contributed by atoms with Crippen LogP contribution in [-0.2, 0) is 0 Å². The Hall–Kier alpha value is -0.960. The number of nitrogens with zero attached hydrogens (tertiary/aromatic N) is 2. The molecule has 0 unspecified atom stereocenters. The van der Waals surface area contributed by atoms with Crippen LogP contribution in [-0.4, -0.2) is 22.3 Å². The van der Waals surface area contributed by atoms with Crippen molar-refractivity contribution in [2.75, 3.05) is 6.54 Å². The van der Waals surface area contributed by atoms with Gasteiger partial charge >= 0.3 is 0 Å². The van der Waals surface area contributed by atoms with E-state index in [0.717, 1.165) is 0 Å². The van der Waals surface area contributed by atoms with Crippen LogP contribution in [0.2, 0.25) is 0 Å². The van der Waals surface area contributed by atoms with E-state index in [1.165, 1.54) is 37.9 Å². The highest BCUT2D eigenvalue weighted by Crippen LogP contribution is 2.48. The predicted molar refractivity (Wildman–Crippen MR) is 54.0 cm³/mol. The maximum absolute atomic E-state index is 4.18. The smallest absolute Gasteiger partial charge is 0.0663 e. The number of hydrogen-bond acceptors (Lipinski definition) is 3. The van der Waals surface area contributed by atoms with Crippen molar-refractivity contribution in [3.05, 3.63) is 24.0 Å². The van der Waals surface area contributed by atoms with Crippen molar-refractivity contribution in [1.82, 2.24) is 15.5 Å². The van der Waals surface area contributed by atoms with E-state index >= 15 is 0 Å². The van der Waals surface area contributed by atoms with E-state index < -0.39 is 0 Å². The van der Waals surface area contributed by atoms with Crippen molar-refractivity contribution in [2.24, 2.45) is 0 Å². The minimum Gasteiger partial charge on any atom is -0.311 e. The topological polar surface area (TPSA) is 37.8 Å². The fraction of sp³-hybridized carbons (Fsp3) is 0.636. The summed E-state index contributed by atoms with van der Waals surface area (Å²) in [7, 11) is 0. The summed E-state index contributed by atoms with van der Waals surface area (Å²) < 4.78 is 0. The average Bonchev–Trinajstić information content (AvgIpc) is 2.65. The lowest BCUT2D eigenvalue weighted by Crippen LogP contribution is -2.50. The van der Waals surface area contributed by atoms with Crippen molar-refractivity contribution in [3.63, 3.8) is 0 Å². The standard InChI is InChI=1S/C11H15N3/c1-3-10(14-13-6-1)9-7-11(8-9)4-2-5-12-11/h1,3,6,9,12H,2,4-5,7-8H2. The molecule has 1 N–H and O–H groups in total. The van der Waals surface area contributed by atoms with Gasteiger partial charge in [-0.25, -0.2) is 0 Å². The highest BCUT2D eigenvalue weighted by molar-refractivity contribution is 5.18. The Bertz CT molecular complexity index is 309. The molecular formula is C11H15N3. The van der Waals surface area contributed by atoms with Crippen molar-refractivity contribution in [1.29, 1.82) is 0 Å². The van der Waals surface area contributed by atoms with E-state index in [-0.39, 0.29) is 0 Å². The number of rotatable bonds is 1. The molecule has 1 aromatic rings. The van der Waals surface area contributed by atoms with Crippen molar-refractivity contribution in [3.8, 4) is 0 Å². The molecule has 1 saturated carbocycles. The second kappa shape index (κ2) is 3.02. The predicted octanol–water partition coefficient (Wildman–Crippen LogP) is 1.48. The molecule has 3 nitrogen and oxygen atoms in total. The van der Waals surface area contributed by atoms with Gasteiger partial charge in [0.05, 0.1) is 5.69 Å². The molecule has 1 aromatic heterocycles. The lowest BCUT2D eigenvalue weighted by atomic mass is 9.66. The van der Waals surface area contributed by atoms with Crippen LogP contribution in [0, 0.1) is 0 Å². The summed E-state index contributed by atoms with van der Waals surface area (Å²) in [6, 6.07) is 4.08. The van der Waals surface area contributed by atoms with Crippen LogP contribution in [0.4, 0.5) is 0 Å². The Balaban J connectivity index is 1.69. The molecule has 0 atom stereocenters. The average molecular weight is 189 g/mol. The van der Waals surface area contributed by atoms with Gasteiger partial charge in [0.1, 0.15) is 0 Å². The number of nitrogens with one attached hydrogen (secondary N) is 1. The Morgan fingerprint density at radius 3 is 3.00 bits per heavy atom. The normalized spacial score (nSPS) is 35.9. The summed E-state index contributed by atoms with van der Waals surface area (Å²) in [5, 5.41) is 11.7. The lowest BCUT2D eigenvalue weighted by molar-refractivity contribution is 0.175. The molecule has 14 heavy (non-hydrogen) atoms. The van der Waals surface area contributed by atoms with Gasteiger partial charge in [-0.05, 0) is 44.4 Å². The molecular weight excluding hydrogens is 174 g/mol. The molecule has 3 heteroatoms. The first kappa shape index (κ1) is 8.36. The third kappa shape index (κ3) is 1.23. The van der Waals surface area contributed by atoms with Crippen LogP contribution < -0.4 is 5.32 Å². The lowest BCUT2D eigenvalue weighted by Gasteiger charge is -2.45. The maximum Gasteiger partial charge on any atom is 0.0663 e. The minimum absolute atomic E-state index is 0.474. The molecule has 0 aromatic carbocycles. The summed E-state index contributed by atoms with van der Waals surface area (Å²) in [6.45, 7) is 1.20. The second-order valence-electron chi connectivity index (χ2n) is 4.56. The van der Waals surface area contributed by atoms with Crippen molar-refractivity contribution < 1.29 is 0 Å². The monoisotopic (exact) mass is 189 g/mol. The Morgan fingerprint density at radius 1 is 1.43 bits per heavy atom. The molecule has 0 radical (unpaired) electrons. The van der Waals surface area contributed by atoms with E-state index in [9.17, 15) is 0 Å². The van der Waals surface area contributed by atoms with Crippen LogP contribution in [0.1, 0.15) is 37.3 Å². The van der Waals surface area contributed by atoms with Gasteiger partial charge in [-0.3, -0.25) is 0 Å². The minimum atomic E-state index is 0.474. The third-order valence-electron chi connectivity index (χ3n) is 3.62. The Kier molecular flexibility index (Phi) is 1.80. The van der Waals surface area contributed by atoms with Gasteiger partial charge in [0.25, 0.3) is 0 Å².